The Balaban J connectivity index is 2.17. The smallest absolute Gasteiger partial charge is 0.187 e. The molecule has 1 aromatic rings. The highest BCUT2D eigenvalue weighted by atomic mass is 32.1. The second kappa shape index (κ2) is 3.18. The van der Waals surface area contributed by atoms with Crippen LogP contribution in [0.1, 0.15) is 20.3 Å². The molecule has 0 bridgehead atoms. The van der Waals surface area contributed by atoms with Gasteiger partial charge in [-0.25, -0.2) is 4.98 Å². The molecule has 1 aliphatic heterocycles. The Bertz CT molecular complexity index is 297. The fraction of sp³-hybridized carbons (Fsp3) is 0.667. The van der Waals surface area contributed by atoms with Crippen molar-refractivity contribution in [3.05, 3.63) is 6.20 Å². The molecule has 1 fully saturated rings. The van der Waals surface area contributed by atoms with E-state index in [0.717, 1.165) is 22.6 Å². The molecule has 0 amide bonds. The van der Waals surface area contributed by atoms with Crippen molar-refractivity contribution in [3.63, 3.8) is 0 Å². The lowest BCUT2D eigenvalue weighted by Crippen LogP contribution is -2.26. The van der Waals surface area contributed by atoms with Crippen LogP contribution in [0.4, 0.5) is 10.1 Å². The van der Waals surface area contributed by atoms with E-state index in [2.05, 4.69) is 23.7 Å². The minimum absolute atomic E-state index is 0.612. The zero-order valence-electron chi connectivity index (χ0n) is 8.03. The monoisotopic (exact) mass is 197 g/mol. The van der Waals surface area contributed by atoms with Crippen molar-refractivity contribution in [2.75, 3.05) is 17.2 Å². The van der Waals surface area contributed by atoms with Crippen molar-refractivity contribution in [2.45, 2.75) is 26.3 Å². The first kappa shape index (κ1) is 8.81. The van der Waals surface area contributed by atoms with Crippen LogP contribution in [0, 0.1) is 5.92 Å². The SMILES string of the molecule is CC1CC(C)N(c2ncc(N)s2)C1. The molecule has 2 N–H and O–H groups in total. The summed E-state index contributed by atoms with van der Waals surface area (Å²) in [5.41, 5.74) is 5.66. The molecule has 3 nitrogen and oxygen atoms in total. The van der Waals surface area contributed by atoms with E-state index in [-0.39, 0.29) is 0 Å². The van der Waals surface area contributed by atoms with Crippen molar-refractivity contribution >= 4 is 21.5 Å². The van der Waals surface area contributed by atoms with Crippen molar-refractivity contribution in [3.8, 4) is 0 Å². The van der Waals surface area contributed by atoms with Gasteiger partial charge in [-0.15, -0.1) is 0 Å². The summed E-state index contributed by atoms with van der Waals surface area (Å²) in [7, 11) is 0. The molecule has 0 saturated carbocycles. The molecule has 0 radical (unpaired) electrons. The van der Waals surface area contributed by atoms with Gasteiger partial charge < -0.3 is 10.6 Å². The molecule has 2 heterocycles. The van der Waals surface area contributed by atoms with Gasteiger partial charge in [0.15, 0.2) is 5.13 Å². The quantitative estimate of drug-likeness (QED) is 0.748. The first-order valence-electron chi connectivity index (χ1n) is 4.64. The number of rotatable bonds is 1. The van der Waals surface area contributed by atoms with Crippen molar-refractivity contribution < 1.29 is 0 Å². The molecule has 1 saturated heterocycles. The van der Waals surface area contributed by atoms with Gasteiger partial charge in [0.05, 0.1) is 6.20 Å². The lowest BCUT2D eigenvalue weighted by Gasteiger charge is -2.19. The van der Waals surface area contributed by atoms with Crippen LogP contribution in [0.15, 0.2) is 6.20 Å². The predicted octanol–water partition coefficient (Wildman–Crippen LogP) is 1.96. The van der Waals surface area contributed by atoms with E-state index in [4.69, 9.17) is 5.73 Å². The second-order valence-corrected chi connectivity index (χ2v) is 4.93. The Morgan fingerprint density at radius 1 is 1.62 bits per heavy atom. The molecule has 0 aromatic carbocycles. The zero-order valence-corrected chi connectivity index (χ0v) is 8.84. The maximum Gasteiger partial charge on any atom is 0.187 e. The van der Waals surface area contributed by atoms with E-state index in [1.807, 2.05) is 0 Å². The van der Waals surface area contributed by atoms with E-state index in [1.165, 1.54) is 6.42 Å². The highest BCUT2D eigenvalue weighted by Crippen LogP contribution is 2.32. The van der Waals surface area contributed by atoms with E-state index in [0.29, 0.717) is 6.04 Å². The van der Waals surface area contributed by atoms with Gasteiger partial charge in [-0.3, -0.25) is 0 Å². The van der Waals surface area contributed by atoms with Gasteiger partial charge in [-0.1, -0.05) is 18.3 Å². The Morgan fingerprint density at radius 2 is 2.38 bits per heavy atom. The van der Waals surface area contributed by atoms with Gasteiger partial charge in [0, 0.05) is 12.6 Å². The first-order valence-corrected chi connectivity index (χ1v) is 5.46. The highest BCUT2D eigenvalue weighted by molar-refractivity contribution is 7.19. The number of thiazole rings is 1. The summed E-state index contributed by atoms with van der Waals surface area (Å²) in [4.78, 5) is 6.65. The topological polar surface area (TPSA) is 42.2 Å². The molecule has 72 valence electrons. The molecule has 1 aromatic heterocycles. The van der Waals surface area contributed by atoms with Crippen LogP contribution >= 0.6 is 11.3 Å². The minimum Gasteiger partial charge on any atom is -0.389 e. The minimum atomic E-state index is 0.612. The molecular weight excluding hydrogens is 182 g/mol. The molecule has 0 aliphatic carbocycles. The number of anilines is 2. The van der Waals surface area contributed by atoms with E-state index in [9.17, 15) is 0 Å². The fourth-order valence-electron chi connectivity index (χ4n) is 1.98. The van der Waals surface area contributed by atoms with Gasteiger partial charge in [0.25, 0.3) is 0 Å². The summed E-state index contributed by atoms with van der Waals surface area (Å²) < 4.78 is 0. The summed E-state index contributed by atoms with van der Waals surface area (Å²) >= 11 is 1.58. The van der Waals surface area contributed by atoms with Crippen LogP contribution in [0.5, 0.6) is 0 Å². The lowest BCUT2D eigenvalue weighted by molar-refractivity contribution is 0.625. The summed E-state index contributed by atoms with van der Waals surface area (Å²) in [5.74, 6) is 0.778. The molecule has 1 aliphatic rings. The standard InChI is InChI=1S/C9H15N3S/c1-6-3-7(2)12(5-6)9-11-4-8(10)13-9/h4,6-7H,3,5,10H2,1-2H3. The van der Waals surface area contributed by atoms with Crippen molar-refractivity contribution in [1.82, 2.24) is 4.98 Å². The van der Waals surface area contributed by atoms with Gasteiger partial charge >= 0.3 is 0 Å². The second-order valence-electron chi connectivity index (χ2n) is 3.89. The lowest BCUT2D eigenvalue weighted by atomic mass is 10.1. The summed E-state index contributed by atoms with van der Waals surface area (Å²) in [6.45, 7) is 5.66. The van der Waals surface area contributed by atoms with Crippen molar-refractivity contribution in [2.24, 2.45) is 5.92 Å². The van der Waals surface area contributed by atoms with Gasteiger partial charge in [0.1, 0.15) is 5.00 Å². The summed E-state index contributed by atoms with van der Waals surface area (Å²) in [6, 6.07) is 0.612. The average molecular weight is 197 g/mol. The molecule has 0 spiro atoms. The van der Waals surface area contributed by atoms with Gasteiger partial charge in [0.2, 0.25) is 0 Å². The maximum atomic E-state index is 5.66. The number of nitrogens with zero attached hydrogens (tertiary/aromatic N) is 2. The van der Waals surface area contributed by atoms with Gasteiger partial charge in [-0.2, -0.15) is 0 Å². The third-order valence-electron chi connectivity index (χ3n) is 2.54. The van der Waals surface area contributed by atoms with Crippen LogP contribution in [0.2, 0.25) is 0 Å². The van der Waals surface area contributed by atoms with Crippen LogP contribution in [0.25, 0.3) is 0 Å². The van der Waals surface area contributed by atoms with Crippen LogP contribution in [0.3, 0.4) is 0 Å². The van der Waals surface area contributed by atoms with Crippen LogP contribution in [-0.2, 0) is 0 Å². The van der Waals surface area contributed by atoms with E-state index >= 15 is 0 Å². The third-order valence-corrected chi connectivity index (χ3v) is 3.40. The third kappa shape index (κ3) is 1.63. The van der Waals surface area contributed by atoms with Gasteiger partial charge in [-0.05, 0) is 19.3 Å². The normalized spacial score (nSPS) is 28.3. The number of hydrogen-bond donors (Lipinski definition) is 1. The maximum absolute atomic E-state index is 5.66. The number of nitrogens with two attached hydrogens (primary N) is 1. The Kier molecular flexibility index (Phi) is 2.15. The Hall–Kier alpha value is -0.770. The molecule has 4 heteroatoms. The van der Waals surface area contributed by atoms with Crippen molar-refractivity contribution in [1.29, 1.82) is 0 Å². The Labute approximate surface area is 82.6 Å². The van der Waals surface area contributed by atoms with Crippen LogP contribution in [-0.4, -0.2) is 17.6 Å². The Morgan fingerprint density at radius 3 is 2.85 bits per heavy atom. The largest absolute Gasteiger partial charge is 0.389 e. The molecule has 13 heavy (non-hydrogen) atoms. The highest BCUT2D eigenvalue weighted by Gasteiger charge is 2.27. The first-order chi connectivity index (χ1) is 6.16. The van der Waals surface area contributed by atoms with E-state index < -0.39 is 0 Å². The van der Waals surface area contributed by atoms with Crippen LogP contribution < -0.4 is 10.6 Å². The van der Waals surface area contributed by atoms with E-state index in [1.54, 1.807) is 17.5 Å². The predicted molar refractivity (Wildman–Crippen MR) is 57.1 cm³/mol. The fourth-order valence-corrected chi connectivity index (χ4v) is 2.77. The summed E-state index contributed by atoms with van der Waals surface area (Å²) in [5, 5.41) is 1.89. The summed E-state index contributed by atoms with van der Waals surface area (Å²) in [6.07, 6.45) is 3.01. The zero-order chi connectivity index (χ0) is 9.42. The number of nitrogen functional groups attached to an aromatic ring is 1. The number of aromatic nitrogens is 1. The molecular formula is C9H15N3S. The molecule has 2 atom stereocenters. The average Bonchev–Trinajstić information content (AvgIpc) is 2.58. The number of hydrogen-bond acceptors (Lipinski definition) is 4. The molecule has 2 rings (SSSR count). The molecule has 2 unspecified atom stereocenters.